The maximum Gasteiger partial charge on any atom is 0.119 e. The van der Waals surface area contributed by atoms with Crippen molar-refractivity contribution < 1.29 is 9.47 Å². The molecule has 0 saturated carbocycles. The zero-order valence-electron chi connectivity index (χ0n) is 18.9. The van der Waals surface area contributed by atoms with E-state index in [0.717, 1.165) is 43.5 Å². The zero-order valence-corrected chi connectivity index (χ0v) is 19.7. The third-order valence-electron chi connectivity index (χ3n) is 5.03. The largest absolute Gasteiger partial charge is 0.494 e. The molecule has 3 heteroatoms. The second kappa shape index (κ2) is 12.2. The molecule has 29 heavy (non-hydrogen) atoms. The van der Waals surface area contributed by atoms with Gasteiger partial charge >= 0.3 is 0 Å². The Bertz CT molecular complexity index is 686. The van der Waals surface area contributed by atoms with Crippen LogP contribution >= 0.6 is 11.8 Å². The molecule has 0 fully saturated rings. The van der Waals surface area contributed by atoms with E-state index < -0.39 is 0 Å². The topological polar surface area (TPSA) is 18.5 Å². The van der Waals surface area contributed by atoms with Crippen LogP contribution in [0.5, 0.6) is 11.5 Å². The number of ether oxygens (including phenoxy) is 2. The van der Waals surface area contributed by atoms with E-state index >= 15 is 0 Å². The molecule has 0 heterocycles. The molecule has 160 valence electrons. The summed E-state index contributed by atoms with van der Waals surface area (Å²) in [6.07, 6.45) is 5.87. The molecular formula is C26H38O2S. The fourth-order valence-electron chi connectivity index (χ4n) is 2.96. The molecule has 0 aromatic heterocycles. The van der Waals surface area contributed by atoms with Crippen molar-refractivity contribution in [2.45, 2.75) is 76.5 Å². The van der Waals surface area contributed by atoms with Gasteiger partial charge in [0.05, 0.1) is 13.2 Å². The van der Waals surface area contributed by atoms with E-state index in [1.807, 2.05) is 0 Å². The van der Waals surface area contributed by atoms with Crippen LogP contribution in [0.15, 0.2) is 58.3 Å². The SMILES string of the molecule is CCC(C)CCCOc1ccc(Sc2ccc(OCCCC(C)(C)C)cc2)cc1. The molecule has 0 aliphatic carbocycles. The van der Waals surface area contributed by atoms with E-state index in [2.05, 4.69) is 83.1 Å². The Morgan fingerprint density at radius 3 is 1.72 bits per heavy atom. The molecule has 0 saturated heterocycles. The number of benzene rings is 2. The molecule has 1 unspecified atom stereocenters. The van der Waals surface area contributed by atoms with E-state index in [0.29, 0.717) is 5.41 Å². The number of rotatable bonds is 12. The molecule has 2 rings (SSSR count). The average molecular weight is 415 g/mol. The summed E-state index contributed by atoms with van der Waals surface area (Å²) in [5.74, 6) is 2.69. The van der Waals surface area contributed by atoms with E-state index in [1.54, 1.807) is 11.8 Å². The van der Waals surface area contributed by atoms with Crippen LogP contribution in [0.2, 0.25) is 0 Å². The van der Waals surface area contributed by atoms with Crippen LogP contribution in [-0.2, 0) is 0 Å². The summed E-state index contributed by atoms with van der Waals surface area (Å²) in [6, 6.07) is 16.8. The van der Waals surface area contributed by atoms with Crippen molar-refractivity contribution in [3.8, 4) is 11.5 Å². The first kappa shape index (κ1) is 23.7. The quantitative estimate of drug-likeness (QED) is 0.326. The highest BCUT2D eigenvalue weighted by atomic mass is 32.2. The van der Waals surface area contributed by atoms with Crippen LogP contribution in [0.25, 0.3) is 0 Å². The monoisotopic (exact) mass is 414 g/mol. The van der Waals surface area contributed by atoms with Gasteiger partial charge in [-0.2, -0.15) is 0 Å². The molecule has 2 aromatic rings. The van der Waals surface area contributed by atoms with Gasteiger partial charge in [-0.1, -0.05) is 52.8 Å². The van der Waals surface area contributed by atoms with Crippen LogP contribution in [0.4, 0.5) is 0 Å². The Balaban J connectivity index is 1.72. The highest BCUT2D eigenvalue weighted by Crippen LogP contribution is 2.30. The summed E-state index contributed by atoms with van der Waals surface area (Å²) >= 11 is 1.76. The van der Waals surface area contributed by atoms with Crippen molar-refractivity contribution in [3.05, 3.63) is 48.5 Å². The molecule has 0 radical (unpaired) electrons. The predicted molar refractivity (Wildman–Crippen MR) is 125 cm³/mol. The lowest BCUT2D eigenvalue weighted by Gasteiger charge is -2.17. The van der Waals surface area contributed by atoms with E-state index in [9.17, 15) is 0 Å². The molecule has 0 amide bonds. The van der Waals surface area contributed by atoms with Crippen molar-refractivity contribution in [1.29, 1.82) is 0 Å². The molecule has 0 spiro atoms. The average Bonchev–Trinajstić information content (AvgIpc) is 2.70. The third kappa shape index (κ3) is 10.1. The fourth-order valence-corrected chi connectivity index (χ4v) is 3.78. The maximum absolute atomic E-state index is 5.87. The first-order valence-corrected chi connectivity index (χ1v) is 11.8. The molecule has 2 nitrogen and oxygen atoms in total. The van der Waals surface area contributed by atoms with Gasteiger partial charge in [0, 0.05) is 9.79 Å². The Morgan fingerprint density at radius 1 is 0.793 bits per heavy atom. The van der Waals surface area contributed by atoms with Crippen molar-refractivity contribution in [2.75, 3.05) is 13.2 Å². The molecule has 2 aromatic carbocycles. The number of hydrogen-bond acceptors (Lipinski definition) is 3. The highest BCUT2D eigenvalue weighted by Gasteiger charge is 2.09. The lowest BCUT2D eigenvalue weighted by Crippen LogP contribution is -2.07. The van der Waals surface area contributed by atoms with E-state index in [-0.39, 0.29) is 0 Å². The van der Waals surface area contributed by atoms with Crippen molar-refractivity contribution in [2.24, 2.45) is 11.3 Å². The van der Waals surface area contributed by atoms with Crippen LogP contribution < -0.4 is 9.47 Å². The Kier molecular flexibility index (Phi) is 9.93. The van der Waals surface area contributed by atoms with Crippen molar-refractivity contribution in [3.63, 3.8) is 0 Å². The van der Waals surface area contributed by atoms with Gasteiger partial charge in [-0.3, -0.25) is 0 Å². The third-order valence-corrected chi connectivity index (χ3v) is 6.05. The summed E-state index contributed by atoms with van der Waals surface area (Å²) in [7, 11) is 0. The second-order valence-electron chi connectivity index (χ2n) is 9.06. The minimum Gasteiger partial charge on any atom is -0.494 e. The highest BCUT2D eigenvalue weighted by molar-refractivity contribution is 7.99. The minimum absolute atomic E-state index is 0.373. The van der Waals surface area contributed by atoms with Gasteiger partial charge in [-0.15, -0.1) is 0 Å². The Morgan fingerprint density at radius 2 is 1.28 bits per heavy atom. The molecule has 0 N–H and O–H groups in total. The van der Waals surface area contributed by atoms with E-state index in [4.69, 9.17) is 9.47 Å². The first-order valence-electron chi connectivity index (χ1n) is 11.0. The summed E-state index contributed by atoms with van der Waals surface area (Å²) in [5, 5.41) is 0. The Hall–Kier alpha value is -1.61. The Labute approximate surface area is 182 Å². The standard InChI is InChI=1S/C26H38O2S/c1-6-21(2)9-7-19-27-22-10-14-24(15-11-22)29-25-16-12-23(13-17-25)28-20-8-18-26(3,4)5/h10-17,21H,6-9,18-20H2,1-5H3. The lowest BCUT2D eigenvalue weighted by atomic mass is 9.91. The van der Waals surface area contributed by atoms with Crippen LogP contribution in [0.3, 0.4) is 0 Å². The summed E-state index contributed by atoms with van der Waals surface area (Å²) in [6.45, 7) is 12.9. The zero-order chi connectivity index (χ0) is 21.1. The van der Waals surface area contributed by atoms with Crippen LogP contribution in [0, 0.1) is 11.3 Å². The second-order valence-corrected chi connectivity index (χ2v) is 10.2. The fraction of sp³-hybridized carbons (Fsp3) is 0.538. The molecule has 0 aliphatic heterocycles. The summed E-state index contributed by atoms with van der Waals surface area (Å²) in [5.41, 5.74) is 0.373. The van der Waals surface area contributed by atoms with Gasteiger partial charge in [0.25, 0.3) is 0 Å². The molecule has 0 aliphatic rings. The summed E-state index contributed by atoms with van der Waals surface area (Å²) in [4.78, 5) is 2.44. The predicted octanol–water partition coefficient (Wildman–Crippen LogP) is 8.25. The van der Waals surface area contributed by atoms with Crippen LogP contribution in [0.1, 0.15) is 66.7 Å². The van der Waals surface area contributed by atoms with E-state index in [1.165, 1.54) is 29.1 Å². The van der Waals surface area contributed by atoms with Gasteiger partial charge in [0.15, 0.2) is 0 Å². The number of hydrogen-bond donors (Lipinski definition) is 0. The first-order chi connectivity index (χ1) is 13.9. The summed E-state index contributed by atoms with van der Waals surface area (Å²) < 4.78 is 11.7. The van der Waals surface area contributed by atoms with Crippen molar-refractivity contribution >= 4 is 11.8 Å². The van der Waals surface area contributed by atoms with Gasteiger partial charge in [0.2, 0.25) is 0 Å². The van der Waals surface area contributed by atoms with Crippen molar-refractivity contribution in [1.82, 2.24) is 0 Å². The minimum atomic E-state index is 0.373. The smallest absolute Gasteiger partial charge is 0.119 e. The molecule has 0 bridgehead atoms. The molecule has 1 atom stereocenters. The van der Waals surface area contributed by atoms with Gasteiger partial charge in [-0.25, -0.2) is 0 Å². The van der Waals surface area contributed by atoms with Crippen LogP contribution in [-0.4, -0.2) is 13.2 Å². The molecular weight excluding hydrogens is 376 g/mol. The lowest BCUT2D eigenvalue weighted by molar-refractivity contribution is 0.269. The maximum atomic E-state index is 5.87. The van der Waals surface area contributed by atoms with Gasteiger partial charge < -0.3 is 9.47 Å². The van der Waals surface area contributed by atoms with Gasteiger partial charge in [-0.05, 0) is 85.5 Å². The van der Waals surface area contributed by atoms with Gasteiger partial charge in [0.1, 0.15) is 11.5 Å². The normalized spacial score (nSPS) is 12.6.